The van der Waals surface area contributed by atoms with Crippen LogP contribution >= 0.6 is 24.0 Å². The van der Waals surface area contributed by atoms with Crippen LogP contribution in [-0.2, 0) is 18.3 Å². The van der Waals surface area contributed by atoms with Gasteiger partial charge in [-0.3, -0.25) is 9.67 Å². The highest BCUT2D eigenvalue weighted by molar-refractivity contribution is 14.0. The van der Waals surface area contributed by atoms with E-state index < -0.39 is 0 Å². The molecule has 1 aliphatic rings. The molecule has 148 valence electrons. The van der Waals surface area contributed by atoms with Crippen molar-refractivity contribution in [2.24, 2.45) is 18.0 Å². The average Bonchev–Trinajstić information content (AvgIpc) is 3.28. The molecule has 2 unspecified atom stereocenters. The van der Waals surface area contributed by atoms with E-state index >= 15 is 0 Å². The summed E-state index contributed by atoms with van der Waals surface area (Å²) in [5.74, 6) is 2.19. The van der Waals surface area contributed by atoms with Crippen LogP contribution in [0.2, 0.25) is 0 Å². The van der Waals surface area contributed by atoms with Gasteiger partial charge in [-0.2, -0.15) is 5.10 Å². The molecule has 1 aromatic heterocycles. The van der Waals surface area contributed by atoms with Crippen LogP contribution < -0.4 is 5.32 Å². The highest BCUT2D eigenvalue weighted by Gasteiger charge is 2.29. The summed E-state index contributed by atoms with van der Waals surface area (Å²) < 4.78 is 7.77. The second kappa shape index (κ2) is 10.6. The van der Waals surface area contributed by atoms with Crippen molar-refractivity contribution in [1.29, 1.82) is 0 Å². The third-order valence-electron chi connectivity index (χ3n) is 4.70. The number of aliphatic imine (C=N–C) groups is 1. The van der Waals surface area contributed by atoms with E-state index in [0.29, 0.717) is 12.5 Å². The van der Waals surface area contributed by atoms with E-state index in [1.54, 1.807) is 11.0 Å². The van der Waals surface area contributed by atoms with Gasteiger partial charge in [-0.05, 0) is 18.9 Å². The molecule has 1 aromatic carbocycles. The minimum Gasteiger partial charge on any atom is -0.373 e. The molecule has 2 atom stereocenters. The minimum absolute atomic E-state index is 0. The maximum absolute atomic E-state index is 5.98. The molecule has 0 aliphatic carbocycles. The molecule has 0 bridgehead atoms. The fourth-order valence-electron chi connectivity index (χ4n) is 3.26. The van der Waals surface area contributed by atoms with Gasteiger partial charge in [-0.15, -0.1) is 24.0 Å². The number of halogens is 1. The van der Waals surface area contributed by atoms with Crippen LogP contribution in [0.1, 0.15) is 30.8 Å². The van der Waals surface area contributed by atoms with Crippen molar-refractivity contribution in [3.8, 4) is 0 Å². The van der Waals surface area contributed by atoms with Crippen molar-refractivity contribution in [3.63, 3.8) is 0 Å². The maximum Gasteiger partial charge on any atom is 0.194 e. The molecule has 0 spiro atoms. The zero-order valence-electron chi connectivity index (χ0n) is 16.2. The highest BCUT2D eigenvalue weighted by atomic mass is 127. The van der Waals surface area contributed by atoms with Crippen LogP contribution in [0.5, 0.6) is 0 Å². The Bertz CT molecular complexity index is 720. The first-order valence-corrected chi connectivity index (χ1v) is 9.18. The van der Waals surface area contributed by atoms with Crippen molar-refractivity contribution in [1.82, 2.24) is 25.0 Å². The number of hydrogen-bond acceptors (Lipinski definition) is 4. The first-order chi connectivity index (χ1) is 12.7. The topological polar surface area (TPSA) is 67.6 Å². The molecule has 0 amide bonds. The summed E-state index contributed by atoms with van der Waals surface area (Å²) in [5, 5.41) is 7.50. The van der Waals surface area contributed by atoms with Gasteiger partial charge in [-0.25, -0.2) is 4.98 Å². The summed E-state index contributed by atoms with van der Waals surface area (Å²) >= 11 is 0. The number of nitrogens with one attached hydrogen (secondary N) is 1. The number of benzene rings is 1. The Morgan fingerprint density at radius 3 is 2.81 bits per heavy atom. The Kier molecular flexibility index (Phi) is 8.49. The standard InChI is InChI=1S/C19H28N6O.HI/c1-4-20-19(24(2)13-17-22-14-23-25(17)3)21-12-16-10-11-26-18(16)15-8-6-5-7-9-15;/h5-9,14,16,18H,4,10-13H2,1-3H3,(H,20,21);1H. The van der Waals surface area contributed by atoms with Crippen LogP contribution in [0.15, 0.2) is 41.7 Å². The zero-order chi connectivity index (χ0) is 18.4. The summed E-state index contributed by atoms with van der Waals surface area (Å²) in [5.41, 5.74) is 1.24. The van der Waals surface area contributed by atoms with Crippen molar-refractivity contribution in [3.05, 3.63) is 48.0 Å². The van der Waals surface area contributed by atoms with Gasteiger partial charge >= 0.3 is 0 Å². The number of ether oxygens (including phenoxy) is 1. The van der Waals surface area contributed by atoms with Gasteiger partial charge in [0.1, 0.15) is 12.2 Å². The van der Waals surface area contributed by atoms with Crippen molar-refractivity contribution in [2.45, 2.75) is 26.0 Å². The molecule has 1 aliphatic heterocycles. The van der Waals surface area contributed by atoms with Crippen LogP contribution in [0.4, 0.5) is 0 Å². The average molecular weight is 484 g/mol. The smallest absolute Gasteiger partial charge is 0.194 e. The number of aromatic nitrogens is 3. The van der Waals surface area contributed by atoms with E-state index in [4.69, 9.17) is 9.73 Å². The minimum atomic E-state index is 0. The van der Waals surface area contributed by atoms with E-state index in [1.807, 2.05) is 20.2 Å². The van der Waals surface area contributed by atoms with Gasteiger partial charge in [0.15, 0.2) is 5.96 Å². The zero-order valence-corrected chi connectivity index (χ0v) is 18.5. The lowest BCUT2D eigenvalue weighted by Crippen LogP contribution is -2.39. The van der Waals surface area contributed by atoms with Crippen molar-refractivity contribution < 1.29 is 4.74 Å². The number of aryl methyl sites for hydroxylation is 1. The van der Waals surface area contributed by atoms with Crippen LogP contribution in [0.3, 0.4) is 0 Å². The lowest BCUT2D eigenvalue weighted by atomic mass is 9.95. The first-order valence-electron chi connectivity index (χ1n) is 9.18. The largest absolute Gasteiger partial charge is 0.373 e. The van der Waals surface area contributed by atoms with Gasteiger partial charge in [0.2, 0.25) is 0 Å². The third-order valence-corrected chi connectivity index (χ3v) is 4.70. The molecule has 3 rings (SSSR count). The molecular formula is C19H29IN6O. The van der Waals surface area contributed by atoms with Gasteiger partial charge in [0.05, 0.1) is 12.6 Å². The molecule has 0 saturated carbocycles. The highest BCUT2D eigenvalue weighted by Crippen LogP contribution is 2.34. The fraction of sp³-hybridized carbons (Fsp3) is 0.526. The Morgan fingerprint density at radius 2 is 2.15 bits per heavy atom. The summed E-state index contributed by atoms with van der Waals surface area (Å²) in [6, 6.07) is 10.4. The van der Waals surface area contributed by atoms with Gasteiger partial charge in [0, 0.05) is 39.7 Å². The van der Waals surface area contributed by atoms with E-state index in [0.717, 1.165) is 37.9 Å². The molecule has 7 nitrogen and oxygen atoms in total. The van der Waals surface area contributed by atoms with E-state index in [2.05, 4.69) is 51.5 Å². The quantitative estimate of drug-likeness (QED) is 0.388. The molecular weight excluding hydrogens is 455 g/mol. The summed E-state index contributed by atoms with van der Waals surface area (Å²) in [4.78, 5) is 11.3. The Hall–Kier alpha value is -1.68. The maximum atomic E-state index is 5.98. The van der Waals surface area contributed by atoms with E-state index in [9.17, 15) is 0 Å². The molecule has 0 radical (unpaired) electrons. The molecule has 2 aromatic rings. The lowest BCUT2D eigenvalue weighted by Gasteiger charge is -2.23. The lowest BCUT2D eigenvalue weighted by molar-refractivity contribution is 0.0925. The van der Waals surface area contributed by atoms with Gasteiger partial charge in [-0.1, -0.05) is 30.3 Å². The Labute approximate surface area is 178 Å². The molecule has 1 N–H and O–H groups in total. The van der Waals surface area contributed by atoms with Crippen LogP contribution in [-0.4, -0.2) is 52.4 Å². The van der Waals surface area contributed by atoms with Gasteiger partial charge in [0.25, 0.3) is 0 Å². The SMILES string of the molecule is CCNC(=NCC1CCOC1c1ccccc1)N(C)Cc1ncnn1C.I. The summed E-state index contributed by atoms with van der Waals surface area (Å²) in [6.07, 6.45) is 2.75. The molecule has 1 fully saturated rings. The van der Waals surface area contributed by atoms with E-state index in [-0.39, 0.29) is 30.1 Å². The van der Waals surface area contributed by atoms with Crippen LogP contribution in [0, 0.1) is 5.92 Å². The van der Waals surface area contributed by atoms with Crippen LogP contribution in [0.25, 0.3) is 0 Å². The van der Waals surface area contributed by atoms with E-state index in [1.165, 1.54) is 5.56 Å². The molecule has 8 heteroatoms. The molecule has 2 heterocycles. The Morgan fingerprint density at radius 1 is 1.37 bits per heavy atom. The fourth-order valence-corrected chi connectivity index (χ4v) is 3.26. The Balaban J connectivity index is 0.00000261. The van der Waals surface area contributed by atoms with Gasteiger partial charge < -0.3 is 15.0 Å². The van der Waals surface area contributed by atoms with Crippen molar-refractivity contribution >= 4 is 29.9 Å². The number of rotatable bonds is 6. The normalized spacial score (nSPS) is 19.6. The second-order valence-electron chi connectivity index (χ2n) is 6.60. The number of hydrogen-bond donors (Lipinski definition) is 1. The predicted molar refractivity (Wildman–Crippen MR) is 117 cm³/mol. The first kappa shape index (κ1) is 21.6. The third kappa shape index (κ3) is 5.65. The summed E-state index contributed by atoms with van der Waals surface area (Å²) in [6.45, 7) is 5.10. The number of nitrogens with zero attached hydrogens (tertiary/aromatic N) is 5. The number of guanidine groups is 1. The predicted octanol–water partition coefficient (Wildman–Crippen LogP) is 2.61. The second-order valence-corrected chi connectivity index (χ2v) is 6.60. The molecule has 27 heavy (non-hydrogen) atoms. The monoisotopic (exact) mass is 484 g/mol. The molecule has 1 saturated heterocycles. The van der Waals surface area contributed by atoms with Crippen molar-refractivity contribution in [2.75, 3.05) is 26.7 Å². The summed E-state index contributed by atoms with van der Waals surface area (Å²) in [7, 11) is 3.93.